The lowest BCUT2D eigenvalue weighted by molar-refractivity contribution is 0.837. The van der Waals surface area contributed by atoms with E-state index in [0.717, 1.165) is 13.1 Å². The van der Waals surface area contributed by atoms with E-state index in [4.69, 9.17) is 0 Å². The average Bonchev–Trinajstić information content (AvgIpc) is 2.65. The van der Waals surface area contributed by atoms with Crippen LogP contribution in [0.25, 0.3) is 5.57 Å². The first-order valence-electron chi connectivity index (χ1n) is 4.95. The third-order valence-corrected chi connectivity index (χ3v) is 3.11. The number of aryl methyl sites for hydroxylation is 1. The Morgan fingerprint density at radius 3 is 2.92 bits per heavy atom. The molecule has 0 fully saturated rings. The summed E-state index contributed by atoms with van der Waals surface area (Å²) in [5, 5.41) is 3.43. The number of fused-ring (bicyclic) bond motifs is 2. The Bertz CT molecular complexity index is 376. The molecule has 0 atom stereocenters. The smallest absolute Gasteiger partial charge is 0.0214 e. The molecule has 1 aromatic carbocycles. The SMILES string of the molecule is c1ccc2c(c1)CCC1=C2CNC1. The van der Waals surface area contributed by atoms with Crippen LogP contribution in [-0.4, -0.2) is 13.1 Å². The summed E-state index contributed by atoms with van der Waals surface area (Å²) in [6, 6.07) is 8.81. The van der Waals surface area contributed by atoms with Crippen LogP contribution in [0.15, 0.2) is 29.8 Å². The maximum absolute atomic E-state index is 3.43. The van der Waals surface area contributed by atoms with E-state index in [-0.39, 0.29) is 0 Å². The fourth-order valence-electron chi connectivity index (χ4n) is 2.41. The van der Waals surface area contributed by atoms with Gasteiger partial charge >= 0.3 is 0 Å². The molecule has 1 aliphatic heterocycles. The summed E-state index contributed by atoms with van der Waals surface area (Å²) in [4.78, 5) is 0. The second-order valence-corrected chi connectivity index (χ2v) is 3.84. The van der Waals surface area contributed by atoms with Crippen molar-refractivity contribution in [2.75, 3.05) is 13.1 Å². The minimum absolute atomic E-state index is 1.08. The fourth-order valence-corrected chi connectivity index (χ4v) is 2.41. The minimum atomic E-state index is 1.08. The predicted octanol–water partition coefficient (Wildman–Crippen LogP) is 1.99. The van der Waals surface area contributed by atoms with Crippen molar-refractivity contribution in [1.29, 1.82) is 0 Å². The summed E-state index contributed by atoms with van der Waals surface area (Å²) in [5.74, 6) is 0. The predicted molar refractivity (Wildman–Crippen MR) is 54.6 cm³/mol. The first-order chi connectivity index (χ1) is 6.45. The number of benzene rings is 1. The third kappa shape index (κ3) is 1.04. The molecule has 0 radical (unpaired) electrons. The second-order valence-electron chi connectivity index (χ2n) is 3.84. The van der Waals surface area contributed by atoms with Gasteiger partial charge in [-0.1, -0.05) is 29.8 Å². The lowest BCUT2D eigenvalue weighted by Gasteiger charge is -2.17. The minimum Gasteiger partial charge on any atom is -0.309 e. The molecule has 0 bridgehead atoms. The Kier molecular flexibility index (Phi) is 1.53. The van der Waals surface area contributed by atoms with Crippen molar-refractivity contribution in [3.63, 3.8) is 0 Å². The van der Waals surface area contributed by atoms with Crippen molar-refractivity contribution in [2.24, 2.45) is 0 Å². The zero-order valence-corrected chi connectivity index (χ0v) is 7.64. The average molecular weight is 171 g/mol. The van der Waals surface area contributed by atoms with E-state index in [1.165, 1.54) is 24.0 Å². The van der Waals surface area contributed by atoms with Crippen LogP contribution in [0.4, 0.5) is 0 Å². The molecule has 0 saturated carbocycles. The largest absolute Gasteiger partial charge is 0.309 e. The molecule has 2 aliphatic rings. The van der Waals surface area contributed by atoms with Crippen molar-refractivity contribution < 1.29 is 0 Å². The van der Waals surface area contributed by atoms with Crippen LogP contribution in [0, 0.1) is 0 Å². The van der Waals surface area contributed by atoms with E-state index < -0.39 is 0 Å². The van der Waals surface area contributed by atoms with E-state index in [1.807, 2.05) is 0 Å². The molecule has 0 amide bonds. The van der Waals surface area contributed by atoms with Crippen LogP contribution in [0.5, 0.6) is 0 Å². The highest BCUT2D eigenvalue weighted by Crippen LogP contribution is 2.32. The lowest BCUT2D eigenvalue weighted by atomic mass is 9.87. The summed E-state index contributed by atoms with van der Waals surface area (Å²) in [6.45, 7) is 2.19. The van der Waals surface area contributed by atoms with Crippen molar-refractivity contribution in [1.82, 2.24) is 5.32 Å². The molecule has 1 N–H and O–H groups in total. The zero-order valence-electron chi connectivity index (χ0n) is 7.64. The van der Waals surface area contributed by atoms with Gasteiger partial charge in [-0.25, -0.2) is 0 Å². The second kappa shape index (κ2) is 2.71. The molecule has 1 heterocycles. The standard InChI is InChI=1S/C12H13N/c1-2-4-11-9(3-1)5-6-10-7-13-8-12(10)11/h1-4,13H,5-8H2. The van der Waals surface area contributed by atoms with E-state index in [2.05, 4.69) is 29.6 Å². The number of nitrogens with one attached hydrogen (secondary N) is 1. The maximum Gasteiger partial charge on any atom is 0.0214 e. The summed E-state index contributed by atoms with van der Waals surface area (Å²) in [7, 11) is 0. The summed E-state index contributed by atoms with van der Waals surface area (Å²) in [6.07, 6.45) is 2.50. The monoisotopic (exact) mass is 171 g/mol. The molecule has 1 heteroatoms. The van der Waals surface area contributed by atoms with Crippen LogP contribution >= 0.6 is 0 Å². The normalized spacial score (nSPS) is 20.0. The molecule has 3 rings (SSSR count). The molecule has 1 aromatic rings. The van der Waals surface area contributed by atoms with Crippen molar-refractivity contribution >= 4 is 5.57 Å². The van der Waals surface area contributed by atoms with Crippen LogP contribution in [0.2, 0.25) is 0 Å². The number of hydrogen-bond donors (Lipinski definition) is 1. The van der Waals surface area contributed by atoms with E-state index >= 15 is 0 Å². The van der Waals surface area contributed by atoms with Gasteiger partial charge in [-0.2, -0.15) is 0 Å². The maximum atomic E-state index is 3.43. The van der Waals surface area contributed by atoms with Gasteiger partial charge in [0.2, 0.25) is 0 Å². The van der Waals surface area contributed by atoms with Crippen LogP contribution < -0.4 is 5.32 Å². The van der Waals surface area contributed by atoms with Crippen LogP contribution in [-0.2, 0) is 6.42 Å². The lowest BCUT2D eigenvalue weighted by Crippen LogP contribution is -2.08. The Labute approximate surface area is 78.5 Å². The summed E-state index contributed by atoms with van der Waals surface area (Å²) >= 11 is 0. The quantitative estimate of drug-likeness (QED) is 0.629. The van der Waals surface area contributed by atoms with Gasteiger partial charge in [0.25, 0.3) is 0 Å². The number of rotatable bonds is 0. The molecular weight excluding hydrogens is 158 g/mol. The Balaban J connectivity index is 2.18. The molecule has 1 nitrogen and oxygen atoms in total. The first-order valence-corrected chi connectivity index (χ1v) is 4.95. The van der Waals surface area contributed by atoms with Gasteiger partial charge in [-0.3, -0.25) is 0 Å². The number of hydrogen-bond acceptors (Lipinski definition) is 1. The van der Waals surface area contributed by atoms with E-state index in [1.54, 1.807) is 11.1 Å². The Morgan fingerprint density at radius 2 is 1.92 bits per heavy atom. The van der Waals surface area contributed by atoms with Crippen molar-refractivity contribution in [3.05, 3.63) is 41.0 Å². The molecule has 0 unspecified atom stereocenters. The molecule has 13 heavy (non-hydrogen) atoms. The highest BCUT2D eigenvalue weighted by molar-refractivity contribution is 5.76. The topological polar surface area (TPSA) is 12.0 Å². The molecule has 0 saturated heterocycles. The highest BCUT2D eigenvalue weighted by Gasteiger charge is 2.21. The molecule has 1 aliphatic carbocycles. The van der Waals surface area contributed by atoms with Crippen LogP contribution in [0.3, 0.4) is 0 Å². The summed E-state index contributed by atoms with van der Waals surface area (Å²) < 4.78 is 0. The third-order valence-electron chi connectivity index (χ3n) is 3.11. The van der Waals surface area contributed by atoms with Crippen LogP contribution in [0.1, 0.15) is 17.5 Å². The summed E-state index contributed by atoms with van der Waals surface area (Å²) in [5.41, 5.74) is 6.24. The van der Waals surface area contributed by atoms with E-state index in [9.17, 15) is 0 Å². The van der Waals surface area contributed by atoms with Gasteiger partial charge in [0.15, 0.2) is 0 Å². The van der Waals surface area contributed by atoms with Crippen molar-refractivity contribution in [3.8, 4) is 0 Å². The molecule has 0 spiro atoms. The molecule has 66 valence electrons. The first kappa shape index (κ1) is 7.34. The van der Waals surface area contributed by atoms with E-state index in [0.29, 0.717) is 0 Å². The Morgan fingerprint density at radius 1 is 1.00 bits per heavy atom. The Hall–Kier alpha value is -1.08. The molecule has 0 aromatic heterocycles. The zero-order chi connectivity index (χ0) is 8.67. The highest BCUT2D eigenvalue weighted by atomic mass is 14.9. The van der Waals surface area contributed by atoms with Gasteiger partial charge in [0, 0.05) is 13.1 Å². The van der Waals surface area contributed by atoms with Gasteiger partial charge < -0.3 is 5.32 Å². The van der Waals surface area contributed by atoms with Gasteiger partial charge in [-0.15, -0.1) is 0 Å². The van der Waals surface area contributed by atoms with Gasteiger partial charge in [0.1, 0.15) is 0 Å². The van der Waals surface area contributed by atoms with Gasteiger partial charge in [-0.05, 0) is 29.5 Å². The van der Waals surface area contributed by atoms with Crippen molar-refractivity contribution in [2.45, 2.75) is 12.8 Å². The van der Waals surface area contributed by atoms with Gasteiger partial charge in [0.05, 0.1) is 0 Å². The fraction of sp³-hybridized carbons (Fsp3) is 0.333. The molecular formula is C12H13N.